The second-order valence-electron chi connectivity index (χ2n) is 4.29. The number of nitrogens with zero attached hydrogens (tertiary/aromatic N) is 2. The first kappa shape index (κ1) is 13.7. The van der Waals surface area contributed by atoms with Crippen molar-refractivity contribution in [2.75, 3.05) is 6.54 Å². The van der Waals surface area contributed by atoms with Gasteiger partial charge in [0.15, 0.2) is 0 Å². The summed E-state index contributed by atoms with van der Waals surface area (Å²) in [5.74, 6) is -0.0813. The molecule has 5 heteroatoms. The summed E-state index contributed by atoms with van der Waals surface area (Å²) in [6.45, 7) is 2.58. The summed E-state index contributed by atoms with van der Waals surface area (Å²) in [5, 5.41) is 5.59. The molecule has 0 spiro atoms. The highest BCUT2D eigenvalue weighted by molar-refractivity contribution is 7.09. The molecule has 0 atom stereocenters. The van der Waals surface area contributed by atoms with E-state index in [0.717, 1.165) is 30.0 Å². The molecule has 1 N–H and O–H groups in total. The van der Waals surface area contributed by atoms with Gasteiger partial charge in [0.25, 0.3) is 5.91 Å². The molecule has 2 aromatic rings. The molecule has 0 fully saturated rings. The quantitative estimate of drug-likeness (QED) is 0.824. The monoisotopic (exact) mass is 275 g/mol. The maximum absolute atomic E-state index is 11.7. The molecule has 0 radical (unpaired) electrons. The van der Waals surface area contributed by atoms with Crippen LogP contribution in [-0.4, -0.2) is 22.4 Å². The maximum atomic E-state index is 11.7. The van der Waals surface area contributed by atoms with Crippen molar-refractivity contribution in [3.05, 3.63) is 46.2 Å². The van der Waals surface area contributed by atoms with Crippen LogP contribution in [0.3, 0.4) is 0 Å². The van der Waals surface area contributed by atoms with Crippen molar-refractivity contribution in [2.45, 2.75) is 26.2 Å². The molecule has 0 unspecified atom stereocenters. The van der Waals surface area contributed by atoms with Crippen LogP contribution in [0.5, 0.6) is 0 Å². The summed E-state index contributed by atoms with van der Waals surface area (Å²) in [7, 11) is 0. The number of aromatic nitrogens is 2. The normalized spacial score (nSPS) is 10.4. The fourth-order valence-electron chi connectivity index (χ4n) is 1.74. The Hall–Kier alpha value is -1.75. The van der Waals surface area contributed by atoms with Gasteiger partial charge in [-0.05, 0) is 38.3 Å². The largest absolute Gasteiger partial charge is 0.351 e. The zero-order valence-corrected chi connectivity index (χ0v) is 11.7. The predicted molar refractivity (Wildman–Crippen MR) is 76.4 cm³/mol. The average Bonchev–Trinajstić information content (AvgIpc) is 2.86. The Morgan fingerprint density at radius 1 is 1.37 bits per heavy atom. The molecule has 0 aliphatic heterocycles. The van der Waals surface area contributed by atoms with Gasteiger partial charge in [-0.15, -0.1) is 11.3 Å². The maximum Gasteiger partial charge on any atom is 0.270 e. The number of hydrogen-bond donors (Lipinski definition) is 1. The number of hydrogen-bond acceptors (Lipinski definition) is 4. The number of pyridine rings is 1. The lowest BCUT2D eigenvalue weighted by Crippen LogP contribution is -2.24. The molecule has 0 aromatic carbocycles. The number of aryl methyl sites for hydroxylation is 2. The molecule has 0 bridgehead atoms. The molecule has 4 nitrogen and oxygen atoms in total. The lowest BCUT2D eigenvalue weighted by Gasteiger charge is -2.03. The van der Waals surface area contributed by atoms with Gasteiger partial charge in [0.05, 0.1) is 5.01 Å². The molecule has 2 heterocycles. The summed E-state index contributed by atoms with van der Waals surface area (Å²) in [6.07, 6.45) is 4.73. The topological polar surface area (TPSA) is 54.9 Å². The van der Waals surface area contributed by atoms with E-state index in [1.54, 1.807) is 5.38 Å². The number of nitrogens with one attached hydrogen (secondary N) is 1. The smallest absolute Gasteiger partial charge is 0.270 e. The highest BCUT2D eigenvalue weighted by atomic mass is 32.1. The fraction of sp³-hybridized carbons (Fsp3) is 0.357. The van der Waals surface area contributed by atoms with Crippen molar-refractivity contribution in [1.29, 1.82) is 0 Å². The number of rotatable bonds is 6. The van der Waals surface area contributed by atoms with Crippen molar-refractivity contribution >= 4 is 17.2 Å². The zero-order chi connectivity index (χ0) is 13.5. The van der Waals surface area contributed by atoms with E-state index in [2.05, 4.69) is 15.3 Å². The van der Waals surface area contributed by atoms with E-state index in [1.165, 1.54) is 11.3 Å². The number of amides is 1. The molecule has 19 heavy (non-hydrogen) atoms. The Kier molecular flexibility index (Phi) is 5.03. The third-order valence-corrected chi connectivity index (χ3v) is 3.50. The minimum atomic E-state index is -0.0813. The van der Waals surface area contributed by atoms with Gasteiger partial charge in [0, 0.05) is 23.8 Å². The molecule has 0 saturated heterocycles. The first-order valence-corrected chi connectivity index (χ1v) is 7.24. The van der Waals surface area contributed by atoms with Gasteiger partial charge in [-0.1, -0.05) is 6.07 Å². The van der Waals surface area contributed by atoms with Gasteiger partial charge in [0.1, 0.15) is 5.69 Å². The minimum Gasteiger partial charge on any atom is -0.351 e. The molecule has 0 aliphatic carbocycles. The summed E-state index contributed by atoms with van der Waals surface area (Å²) in [6, 6.07) is 5.94. The lowest BCUT2D eigenvalue weighted by molar-refractivity contribution is 0.0948. The van der Waals surface area contributed by atoms with Crippen LogP contribution in [0.25, 0.3) is 0 Å². The molecule has 2 rings (SSSR count). The molecule has 2 aromatic heterocycles. The Balaban J connectivity index is 1.63. The molecule has 0 aliphatic rings. The average molecular weight is 275 g/mol. The van der Waals surface area contributed by atoms with Crippen molar-refractivity contribution in [3.63, 3.8) is 0 Å². The zero-order valence-electron chi connectivity index (χ0n) is 10.9. The Morgan fingerprint density at radius 3 is 2.95 bits per heavy atom. The Bertz CT molecular complexity index is 524. The van der Waals surface area contributed by atoms with Crippen molar-refractivity contribution in [3.8, 4) is 0 Å². The fourth-order valence-corrected chi connectivity index (χ4v) is 2.33. The van der Waals surface area contributed by atoms with Gasteiger partial charge >= 0.3 is 0 Å². The van der Waals surface area contributed by atoms with Crippen LogP contribution in [-0.2, 0) is 6.42 Å². The second kappa shape index (κ2) is 6.99. The van der Waals surface area contributed by atoms with Gasteiger partial charge in [-0.25, -0.2) is 4.98 Å². The summed E-state index contributed by atoms with van der Waals surface area (Å²) >= 11 is 1.49. The Labute approximate surface area is 116 Å². The standard InChI is InChI=1S/C14H17N3OS/c1-11-17-13(10-19-11)14(18)16-9-5-3-7-12-6-2-4-8-15-12/h2,4,6,8,10H,3,5,7,9H2,1H3,(H,16,18). The van der Waals surface area contributed by atoms with Crippen LogP contribution >= 0.6 is 11.3 Å². The molecular formula is C14H17N3OS. The van der Waals surface area contributed by atoms with Crippen molar-refractivity contribution < 1.29 is 4.79 Å². The summed E-state index contributed by atoms with van der Waals surface area (Å²) in [4.78, 5) is 20.1. The number of carbonyl (C=O) groups is 1. The second-order valence-corrected chi connectivity index (χ2v) is 5.35. The first-order valence-electron chi connectivity index (χ1n) is 6.36. The number of thiazole rings is 1. The first-order chi connectivity index (χ1) is 9.25. The van der Waals surface area contributed by atoms with Gasteiger partial charge in [-0.2, -0.15) is 0 Å². The van der Waals surface area contributed by atoms with E-state index in [1.807, 2.05) is 31.3 Å². The van der Waals surface area contributed by atoms with Gasteiger partial charge < -0.3 is 5.32 Å². The van der Waals surface area contributed by atoms with E-state index in [0.29, 0.717) is 12.2 Å². The van der Waals surface area contributed by atoms with Crippen molar-refractivity contribution in [2.24, 2.45) is 0 Å². The summed E-state index contributed by atoms with van der Waals surface area (Å²) in [5.41, 5.74) is 1.62. The van der Waals surface area contributed by atoms with E-state index in [-0.39, 0.29) is 5.91 Å². The van der Waals surface area contributed by atoms with Crippen LogP contribution in [0.1, 0.15) is 34.0 Å². The third-order valence-electron chi connectivity index (χ3n) is 2.72. The van der Waals surface area contributed by atoms with Crippen LogP contribution in [0.4, 0.5) is 0 Å². The van der Waals surface area contributed by atoms with E-state index >= 15 is 0 Å². The van der Waals surface area contributed by atoms with E-state index in [9.17, 15) is 4.79 Å². The lowest BCUT2D eigenvalue weighted by atomic mass is 10.2. The number of unbranched alkanes of at least 4 members (excludes halogenated alkanes) is 1. The minimum absolute atomic E-state index is 0.0813. The van der Waals surface area contributed by atoms with Gasteiger partial charge in [-0.3, -0.25) is 9.78 Å². The molecule has 0 saturated carbocycles. The molecule has 100 valence electrons. The third kappa shape index (κ3) is 4.44. The van der Waals surface area contributed by atoms with Crippen LogP contribution in [0.2, 0.25) is 0 Å². The predicted octanol–water partition coefficient (Wildman–Crippen LogP) is 2.60. The number of carbonyl (C=O) groups excluding carboxylic acids is 1. The van der Waals surface area contributed by atoms with Crippen LogP contribution < -0.4 is 5.32 Å². The van der Waals surface area contributed by atoms with Crippen LogP contribution in [0.15, 0.2) is 29.8 Å². The SMILES string of the molecule is Cc1nc(C(=O)NCCCCc2ccccn2)cs1. The Morgan fingerprint density at radius 2 is 2.26 bits per heavy atom. The van der Waals surface area contributed by atoms with E-state index in [4.69, 9.17) is 0 Å². The summed E-state index contributed by atoms with van der Waals surface area (Å²) < 4.78 is 0. The molecular weight excluding hydrogens is 258 g/mol. The highest BCUT2D eigenvalue weighted by Gasteiger charge is 2.07. The van der Waals surface area contributed by atoms with Gasteiger partial charge in [0.2, 0.25) is 0 Å². The van der Waals surface area contributed by atoms with Crippen molar-refractivity contribution in [1.82, 2.24) is 15.3 Å². The van der Waals surface area contributed by atoms with E-state index < -0.39 is 0 Å². The van der Waals surface area contributed by atoms with Crippen LogP contribution in [0, 0.1) is 6.92 Å². The highest BCUT2D eigenvalue weighted by Crippen LogP contribution is 2.07. The molecule has 1 amide bonds.